The average Bonchev–Trinajstić information content (AvgIpc) is 2.50. The molecule has 0 saturated heterocycles. The van der Waals surface area contributed by atoms with E-state index in [-0.39, 0.29) is 0 Å². The summed E-state index contributed by atoms with van der Waals surface area (Å²) in [5, 5.41) is 11.8. The summed E-state index contributed by atoms with van der Waals surface area (Å²) in [5.74, 6) is -0.762. The van der Waals surface area contributed by atoms with Gasteiger partial charge in [0.2, 0.25) is 5.88 Å². The van der Waals surface area contributed by atoms with Crippen molar-refractivity contribution in [2.45, 2.75) is 19.0 Å². The zero-order chi connectivity index (χ0) is 14.1. The van der Waals surface area contributed by atoms with Crippen molar-refractivity contribution < 1.29 is 36.2 Å². The van der Waals surface area contributed by atoms with Crippen molar-refractivity contribution in [1.82, 2.24) is 9.78 Å². The fraction of sp³-hybridized carbons (Fsp3) is 0.625. The number of ether oxygens (including phenoxy) is 1. The first-order valence-electron chi connectivity index (χ1n) is 4.49. The Morgan fingerprint density at radius 3 is 2.17 bits per heavy atom. The fourth-order valence-electron chi connectivity index (χ4n) is 1.25. The van der Waals surface area contributed by atoms with E-state index in [0.717, 1.165) is 7.05 Å². The highest BCUT2D eigenvalue weighted by molar-refractivity contribution is 5.32. The van der Waals surface area contributed by atoms with Crippen LogP contribution in [0.2, 0.25) is 0 Å². The van der Waals surface area contributed by atoms with E-state index >= 15 is 0 Å². The molecule has 18 heavy (non-hydrogen) atoms. The van der Waals surface area contributed by atoms with Gasteiger partial charge in [-0.05, 0) is 0 Å². The lowest BCUT2D eigenvalue weighted by Gasteiger charge is -2.10. The van der Waals surface area contributed by atoms with Crippen LogP contribution in [0.5, 0.6) is 5.88 Å². The zero-order valence-corrected chi connectivity index (χ0v) is 8.93. The summed E-state index contributed by atoms with van der Waals surface area (Å²) in [6.07, 6.45) is -9.58. The number of aliphatic hydroxyl groups excluding tert-OH is 1. The second kappa shape index (κ2) is 4.67. The molecule has 0 spiro atoms. The number of aryl methyl sites for hydroxylation is 1. The molecule has 0 atom stereocenters. The number of aliphatic hydroxyl groups is 1. The SMILES string of the molecule is Cn1nc(C(F)(F)F)c(CO)c1OCC(F)(F)F. The van der Waals surface area contributed by atoms with Gasteiger partial charge in [-0.25, -0.2) is 4.68 Å². The van der Waals surface area contributed by atoms with E-state index in [2.05, 4.69) is 9.84 Å². The molecule has 4 nitrogen and oxygen atoms in total. The maximum absolute atomic E-state index is 12.4. The van der Waals surface area contributed by atoms with Gasteiger partial charge in [0.1, 0.15) is 0 Å². The molecule has 10 heteroatoms. The Morgan fingerprint density at radius 2 is 1.78 bits per heavy atom. The van der Waals surface area contributed by atoms with Crippen LogP contribution in [0.1, 0.15) is 11.3 Å². The second-order valence-electron chi connectivity index (χ2n) is 3.32. The van der Waals surface area contributed by atoms with Crippen LogP contribution in [0.4, 0.5) is 26.3 Å². The Balaban J connectivity index is 3.09. The van der Waals surface area contributed by atoms with E-state index in [1.807, 2.05) is 0 Å². The zero-order valence-electron chi connectivity index (χ0n) is 8.93. The summed E-state index contributed by atoms with van der Waals surface area (Å²) in [7, 11) is 0.986. The minimum atomic E-state index is -4.88. The van der Waals surface area contributed by atoms with Gasteiger partial charge in [0, 0.05) is 7.05 Å². The van der Waals surface area contributed by atoms with Gasteiger partial charge in [0.05, 0.1) is 12.2 Å². The fourth-order valence-corrected chi connectivity index (χ4v) is 1.25. The topological polar surface area (TPSA) is 47.3 Å². The highest BCUT2D eigenvalue weighted by atomic mass is 19.4. The Morgan fingerprint density at radius 1 is 1.22 bits per heavy atom. The van der Waals surface area contributed by atoms with Crippen LogP contribution in [0.15, 0.2) is 0 Å². The molecule has 1 N–H and O–H groups in total. The molecule has 0 aliphatic carbocycles. The van der Waals surface area contributed by atoms with Crippen LogP contribution in [0.25, 0.3) is 0 Å². The lowest BCUT2D eigenvalue weighted by Crippen LogP contribution is -2.20. The van der Waals surface area contributed by atoms with Crippen LogP contribution in [0, 0.1) is 0 Å². The van der Waals surface area contributed by atoms with Crippen molar-refractivity contribution >= 4 is 0 Å². The van der Waals surface area contributed by atoms with Crippen LogP contribution >= 0.6 is 0 Å². The van der Waals surface area contributed by atoms with E-state index < -0.39 is 42.7 Å². The molecule has 1 rings (SSSR count). The average molecular weight is 278 g/mol. The molecule has 0 unspecified atom stereocenters. The number of hydrogen-bond donors (Lipinski definition) is 1. The molecule has 1 aromatic heterocycles. The number of halogens is 6. The molecule has 0 amide bonds. The minimum absolute atomic E-state index is 0.500. The van der Waals surface area contributed by atoms with Gasteiger partial charge in [-0.2, -0.15) is 31.4 Å². The summed E-state index contributed by atoms with van der Waals surface area (Å²) >= 11 is 0. The van der Waals surface area contributed by atoms with Crippen molar-refractivity contribution in [3.05, 3.63) is 11.3 Å². The van der Waals surface area contributed by atoms with E-state index in [0.29, 0.717) is 4.68 Å². The third-order valence-electron chi connectivity index (χ3n) is 1.89. The normalized spacial score (nSPS) is 12.9. The van der Waals surface area contributed by atoms with Crippen LogP contribution in [-0.2, 0) is 19.8 Å². The number of aromatic nitrogens is 2. The van der Waals surface area contributed by atoms with Gasteiger partial charge in [0.15, 0.2) is 12.3 Å². The van der Waals surface area contributed by atoms with Gasteiger partial charge in [0.25, 0.3) is 0 Å². The third kappa shape index (κ3) is 3.28. The number of nitrogens with zero attached hydrogens (tertiary/aromatic N) is 2. The van der Waals surface area contributed by atoms with Crippen molar-refractivity contribution in [2.24, 2.45) is 7.05 Å². The summed E-state index contributed by atoms with van der Waals surface area (Å²) in [6.45, 7) is -2.90. The molecule has 104 valence electrons. The maximum Gasteiger partial charge on any atom is 0.435 e. The van der Waals surface area contributed by atoms with E-state index in [1.165, 1.54) is 0 Å². The van der Waals surface area contributed by atoms with Crippen molar-refractivity contribution in [3.8, 4) is 5.88 Å². The molecular weight excluding hydrogens is 270 g/mol. The lowest BCUT2D eigenvalue weighted by atomic mass is 10.2. The molecule has 0 fully saturated rings. The molecule has 0 radical (unpaired) electrons. The standard InChI is InChI=1S/C8H8F6N2O2/c1-16-6(18-3-7(9,10)11)4(2-17)5(15-16)8(12,13)14/h17H,2-3H2,1H3. The first kappa shape index (κ1) is 14.6. The van der Waals surface area contributed by atoms with Crippen LogP contribution in [0.3, 0.4) is 0 Å². The maximum atomic E-state index is 12.4. The molecule has 0 aliphatic rings. The molecule has 0 saturated carbocycles. The predicted molar refractivity (Wildman–Crippen MR) is 45.7 cm³/mol. The number of rotatable bonds is 3. The van der Waals surface area contributed by atoms with Crippen LogP contribution < -0.4 is 4.74 Å². The first-order valence-corrected chi connectivity index (χ1v) is 4.49. The van der Waals surface area contributed by atoms with E-state index in [1.54, 1.807) is 0 Å². The number of hydrogen-bond acceptors (Lipinski definition) is 3. The first-order chi connectivity index (χ1) is 8.06. The predicted octanol–water partition coefficient (Wildman–Crippen LogP) is 1.87. The molecule has 1 heterocycles. The second-order valence-corrected chi connectivity index (χ2v) is 3.32. The van der Waals surface area contributed by atoms with Gasteiger partial charge >= 0.3 is 12.4 Å². The van der Waals surface area contributed by atoms with E-state index in [4.69, 9.17) is 5.11 Å². The highest BCUT2D eigenvalue weighted by Gasteiger charge is 2.40. The summed E-state index contributed by atoms with van der Waals surface area (Å²) in [6, 6.07) is 0. The van der Waals surface area contributed by atoms with Gasteiger partial charge < -0.3 is 9.84 Å². The molecule has 1 aromatic rings. The molecule has 0 bridgehead atoms. The van der Waals surface area contributed by atoms with Crippen molar-refractivity contribution in [1.29, 1.82) is 0 Å². The van der Waals surface area contributed by atoms with Crippen molar-refractivity contribution in [2.75, 3.05) is 6.61 Å². The Kier molecular flexibility index (Phi) is 3.79. The molecule has 0 aromatic carbocycles. The Bertz CT molecular complexity index is 422. The molecular formula is C8H8F6N2O2. The van der Waals surface area contributed by atoms with Gasteiger partial charge in [-0.1, -0.05) is 0 Å². The smallest absolute Gasteiger partial charge is 0.435 e. The largest absolute Gasteiger partial charge is 0.468 e. The van der Waals surface area contributed by atoms with Gasteiger partial charge in [-0.3, -0.25) is 0 Å². The Labute approximate surface area is 96.8 Å². The van der Waals surface area contributed by atoms with E-state index in [9.17, 15) is 26.3 Å². The third-order valence-corrected chi connectivity index (χ3v) is 1.89. The number of alkyl halides is 6. The van der Waals surface area contributed by atoms with Crippen LogP contribution in [-0.4, -0.2) is 27.7 Å². The Hall–Kier alpha value is -1.45. The van der Waals surface area contributed by atoms with Crippen molar-refractivity contribution in [3.63, 3.8) is 0 Å². The monoisotopic (exact) mass is 278 g/mol. The summed E-state index contributed by atoms with van der Waals surface area (Å²) < 4.78 is 77.8. The highest BCUT2D eigenvalue weighted by Crippen LogP contribution is 2.35. The lowest BCUT2D eigenvalue weighted by molar-refractivity contribution is -0.154. The quantitative estimate of drug-likeness (QED) is 0.859. The summed E-state index contributed by atoms with van der Waals surface area (Å²) in [4.78, 5) is 0. The minimum Gasteiger partial charge on any atom is -0.468 e. The molecule has 0 aliphatic heterocycles. The van der Waals surface area contributed by atoms with Gasteiger partial charge in [-0.15, -0.1) is 0 Å². The summed E-state index contributed by atoms with van der Waals surface area (Å²) in [5.41, 5.74) is -2.29.